The maximum Gasteiger partial charge on any atom is 0.305 e. The first kappa shape index (κ1) is 34.0. The van der Waals surface area contributed by atoms with Crippen LogP contribution in [0, 0.1) is 6.92 Å². The number of aliphatic imine (C=N–C) groups is 3. The van der Waals surface area contributed by atoms with E-state index in [1.54, 1.807) is 13.8 Å². The highest BCUT2D eigenvalue weighted by Crippen LogP contribution is 2.36. The molecule has 0 aliphatic carbocycles. The molecule has 0 fully saturated rings. The normalized spacial score (nSPS) is 18.5. The van der Waals surface area contributed by atoms with Gasteiger partial charge in [0.05, 0.1) is 59.5 Å². The molecule has 0 spiro atoms. The fourth-order valence-corrected chi connectivity index (χ4v) is 6.37. The van der Waals surface area contributed by atoms with Crippen molar-refractivity contribution in [3.05, 3.63) is 90.2 Å². The van der Waals surface area contributed by atoms with Gasteiger partial charge in [-0.25, -0.2) is 15.0 Å². The average Bonchev–Trinajstić information content (AvgIpc) is 3.74. The number of carbonyl (C=O) groups excluding carboxylic acids is 2. The third-order valence-corrected chi connectivity index (χ3v) is 9.12. The molecular formula is C36H40N6O6. The molecule has 0 amide bonds. The number of nitrogens with zero attached hydrogens (tertiary/aromatic N) is 4. The number of hydrogen-bond donors (Lipinski definition) is 4. The number of H-pyrrole nitrogens is 1. The van der Waals surface area contributed by atoms with Crippen LogP contribution in [-0.4, -0.2) is 64.4 Å². The Hall–Kier alpha value is -5.36. The van der Waals surface area contributed by atoms with Gasteiger partial charge in [0.25, 0.3) is 0 Å². The highest BCUT2D eigenvalue weighted by Gasteiger charge is 2.28. The van der Waals surface area contributed by atoms with E-state index in [0.717, 1.165) is 44.4 Å². The number of methoxy groups -OCH3 is 2. The lowest BCUT2D eigenvalue weighted by Gasteiger charge is -2.08. The van der Waals surface area contributed by atoms with Crippen molar-refractivity contribution < 1.29 is 29.5 Å². The molecule has 8 bridgehead atoms. The molecule has 0 atom stereocenters. The SMILES string of the molecule is COC(=O)CCC1=C(C)C2=NC1=CC1=NC(=CC3=C(C)/C(=C(/C)NO)C(=N3)C=c3[nH]c(c(/C(C)=N/O)c3C)=C2)C(C)=C1CCC(=O)OC. The summed E-state index contributed by atoms with van der Waals surface area (Å²) in [6, 6.07) is 0. The lowest BCUT2D eigenvalue weighted by molar-refractivity contribution is -0.141. The number of hydroxylamine groups is 1. The maximum absolute atomic E-state index is 12.2. The summed E-state index contributed by atoms with van der Waals surface area (Å²) in [6.45, 7) is 11.3. The number of aromatic nitrogens is 1. The van der Waals surface area contributed by atoms with Crippen LogP contribution in [0.15, 0.2) is 88.5 Å². The molecule has 4 aliphatic heterocycles. The lowest BCUT2D eigenvalue weighted by Crippen LogP contribution is -2.18. The minimum Gasteiger partial charge on any atom is -0.469 e. The standard InChI is InChI=1S/C36H40N6O6/c1-17-23(9-11-33(43)47-7)29-16-30-24(10-12-34(44)48-8)18(2)26(38-30)14-31-36(22(6)42-46)20(4)28(40-31)15-32-35(21(5)41-45)19(3)27(39-32)13-25(17)37-29/h13-16,40-41,45-46H,9-12H2,1-8H3/b25-13?,28-15?,30-16?,31-14?,35-21+,42-22+. The number of nitrogens with one attached hydrogen (secondary N) is 2. The van der Waals surface area contributed by atoms with Gasteiger partial charge in [0, 0.05) is 35.0 Å². The number of ether oxygens (including phenoxy) is 2. The van der Waals surface area contributed by atoms with Crippen LogP contribution in [0.25, 0.3) is 12.2 Å². The van der Waals surface area contributed by atoms with Crippen molar-refractivity contribution in [1.29, 1.82) is 0 Å². The van der Waals surface area contributed by atoms with Crippen molar-refractivity contribution in [3.8, 4) is 0 Å². The minimum atomic E-state index is -0.333. The minimum absolute atomic E-state index is 0.165. The average molecular weight is 653 g/mol. The second-order valence-electron chi connectivity index (χ2n) is 12.0. The Kier molecular flexibility index (Phi) is 9.76. The van der Waals surface area contributed by atoms with Gasteiger partial charge < -0.3 is 19.7 Å². The Morgan fingerprint density at radius 1 is 0.792 bits per heavy atom. The zero-order valence-corrected chi connectivity index (χ0v) is 28.5. The molecule has 12 heteroatoms. The van der Waals surface area contributed by atoms with E-state index in [1.807, 2.05) is 52.0 Å². The molecule has 4 N–H and O–H groups in total. The molecule has 0 aromatic carbocycles. The van der Waals surface area contributed by atoms with E-state index < -0.39 is 0 Å². The van der Waals surface area contributed by atoms with E-state index in [1.165, 1.54) is 14.2 Å². The topological polar surface area (TPSA) is 170 Å². The van der Waals surface area contributed by atoms with Crippen molar-refractivity contribution in [2.24, 2.45) is 20.1 Å². The number of carbonyl (C=O) groups is 2. The second kappa shape index (κ2) is 13.8. The van der Waals surface area contributed by atoms with E-state index in [-0.39, 0.29) is 24.8 Å². The van der Waals surface area contributed by atoms with Crippen LogP contribution in [0.3, 0.4) is 0 Å². The highest BCUT2D eigenvalue weighted by molar-refractivity contribution is 6.26. The zero-order valence-electron chi connectivity index (χ0n) is 28.5. The third-order valence-electron chi connectivity index (χ3n) is 9.12. The summed E-state index contributed by atoms with van der Waals surface area (Å²) in [7, 11) is 2.73. The van der Waals surface area contributed by atoms with Gasteiger partial charge in [-0.15, -0.1) is 0 Å². The molecule has 5 rings (SSSR count). The molecule has 0 saturated heterocycles. The first-order chi connectivity index (χ1) is 22.9. The Bertz CT molecular complexity index is 2070. The van der Waals surface area contributed by atoms with Crippen LogP contribution >= 0.6 is 0 Å². The fraction of sp³-hybridized carbons (Fsp3) is 0.333. The van der Waals surface area contributed by atoms with Gasteiger partial charge in [-0.05, 0) is 112 Å². The number of oxime groups is 1. The summed E-state index contributed by atoms with van der Waals surface area (Å²) < 4.78 is 9.87. The van der Waals surface area contributed by atoms with Gasteiger partial charge in [-0.3, -0.25) is 20.3 Å². The van der Waals surface area contributed by atoms with E-state index in [0.29, 0.717) is 69.4 Å². The Labute approximate surface area is 278 Å². The van der Waals surface area contributed by atoms with Crippen LogP contribution in [0.4, 0.5) is 0 Å². The van der Waals surface area contributed by atoms with E-state index in [2.05, 4.69) is 15.6 Å². The first-order valence-corrected chi connectivity index (χ1v) is 15.6. The van der Waals surface area contributed by atoms with Gasteiger partial charge >= 0.3 is 11.9 Å². The van der Waals surface area contributed by atoms with E-state index in [9.17, 15) is 20.0 Å². The summed E-state index contributed by atoms with van der Waals surface area (Å²) >= 11 is 0. The van der Waals surface area contributed by atoms with Crippen molar-refractivity contribution in [2.75, 3.05) is 14.2 Å². The van der Waals surface area contributed by atoms with Crippen LogP contribution < -0.4 is 16.2 Å². The Balaban J connectivity index is 1.85. The van der Waals surface area contributed by atoms with Crippen LogP contribution in [0.2, 0.25) is 0 Å². The predicted octanol–water partition coefficient (Wildman–Crippen LogP) is 4.29. The molecule has 5 heterocycles. The molecule has 12 nitrogen and oxygen atoms in total. The summed E-state index contributed by atoms with van der Waals surface area (Å²) in [5.74, 6) is -0.664. The molecular weight excluding hydrogens is 612 g/mol. The van der Waals surface area contributed by atoms with E-state index >= 15 is 0 Å². The number of rotatable bonds is 8. The van der Waals surface area contributed by atoms with Crippen molar-refractivity contribution in [3.63, 3.8) is 0 Å². The number of allylic oxidation sites excluding steroid dienone is 9. The molecule has 1 aromatic rings. The summed E-state index contributed by atoms with van der Waals surface area (Å²) in [5, 5.41) is 24.7. The van der Waals surface area contributed by atoms with Crippen molar-refractivity contribution in [1.82, 2.24) is 10.5 Å². The van der Waals surface area contributed by atoms with Crippen LogP contribution in [0.1, 0.15) is 71.4 Å². The molecule has 0 radical (unpaired) electrons. The molecule has 0 unspecified atom stereocenters. The number of fused-ring (bicyclic) bond motifs is 5. The van der Waals surface area contributed by atoms with Gasteiger partial charge in [-0.2, -0.15) is 0 Å². The highest BCUT2D eigenvalue weighted by atomic mass is 16.5. The van der Waals surface area contributed by atoms with E-state index in [4.69, 9.17) is 24.5 Å². The van der Waals surface area contributed by atoms with Gasteiger partial charge in [0.1, 0.15) is 0 Å². The summed E-state index contributed by atoms with van der Waals surface area (Å²) in [6.07, 6.45) is 8.73. The van der Waals surface area contributed by atoms with Gasteiger partial charge in [0.15, 0.2) is 0 Å². The van der Waals surface area contributed by atoms with Crippen molar-refractivity contribution in [2.45, 2.75) is 67.2 Å². The number of aromatic amines is 1. The zero-order chi connectivity index (χ0) is 34.9. The van der Waals surface area contributed by atoms with Crippen LogP contribution in [-0.2, 0) is 19.1 Å². The number of hydrogen-bond acceptors (Lipinski definition) is 11. The lowest BCUT2D eigenvalue weighted by atomic mass is 9.96. The Morgan fingerprint density at radius 3 is 2.04 bits per heavy atom. The van der Waals surface area contributed by atoms with Crippen molar-refractivity contribution >= 4 is 46.9 Å². The number of esters is 2. The molecule has 1 aromatic heterocycles. The summed E-state index contributed by atoms with van der Waals surface area (Å²) in [4.78, 5) is 43.0. The molecule has 0 saturated carbocycles. The molecule has 48 heavy (non-hydrogen) atoms. The first-order valence-electron chi connectivity index (χ1n) is 15.6. The largest absolute Gasteiger partial charge is 0.469 e. The fourth-order valence-electron chi connectivity index (χ4n) is 6.37. The van der Waals surface area contributed by atoms with Crippen LogP contribution in [0.5, 0.6) is 0 Å². The quantitative estimate of drug-likeness (QED) is 0.140. The molecule has 250 valence electrons. The van der Waals surface area contributed by atoms with Gasteiger partial charge in [0.2, 0.25) is 0 Å². The smallest absolute Gasteiger partial charge is 0.305 e. The van der Waals surface area contributed by atoms with Gasteiger partial charge in [-0.1, -0.05) is 5.16 Å². The monoisotopic (exact) mass is 652 g/mol. The summed E-state index contributed by atoms with van der Waals surface area (Å²) in [5.41, 5.74) is 13.8. The Morgan fingerprint density at radius 2 is 1.42 bits per heavy atom. The molecule has 4 aliphatic rings. The predicted molar refractivity (Wildman–Crippen MR) is 184 cm³/mol. The maximum atomic E-state index is 12.2. The second-order valence-corrected chi connectivity index (χ2v) is 12.0. The third kappa shape index (κ3) is 6.30.